The van der Waals surface area contributed by atoms with E-state index in [9.17, 15) is 0 Å². The van der Waals surface area contributed by atoms with E-state index in [1.165, 1.54) is 33.4 Å². The molecule has 0 spiro atoms. The Balaban J connectivity index is 1.44. The van der Waals surface area contributed by atoms with E-state index in [4.69, 9.17) is 19.9 Å². The van der Waals surface area contributed by atoms with Crippen molar-refractivity contribution in [2.75, 3.05) is 19.8 Å². The van der Waals surface area contributed by atoms with Gasteiger partial charge in [0.15, 0.2) is 0 Å². The van der Waals surface area contributed by atoms with Crippen molar-refractivity contribution in [3.8, 4) is 22.6 Å². The molecule has 1 saturated heterocycles. The third-order valence-corrected chi connectivity index (χ3v) is 8.65. The van der Waals surface area contributed by atoms with Crippen LogP contribution in [-0.2, 0) is 10.2 Å². The first-order chi connectivity index (χ1) is 18.1. The molecular formula is C32H30INO3. The summed E-state index contributed by atoms with van der Waals surface area (Å²) in [6, 6.07) is 34.7. The van der Waals surface area contributed by atoms with Gasteiger partial charge in [0.25, 0.3) is 0 Å². The Morgan fingerprint density at radius 3 is 1.78 bits per heavy atom. The summed E-state index contributed by atoms with van der Waals surface area (Å²) in [6.07, 6.45) is 0.232. The largest absolute Gasteiger partial charge is 0.493 e. The highest BCUT2D eigenvalue weighted by Gasteiger charge is 2.45. The van der Waals surface area contributed by atoms with Crippen molar-refractivity contribution in [3.63, 3.8) is 0 Å². The highest BCUT2D eigenvalue weighted by Crippen LogP contribution is 2.56. The minimum Gasteiger partial charge on any atom is -0.493 e. The lowest BCUT2D eigenvalue weighted by molar-refractivity contribution is 0.260. The summed E-state index contributed by atoms with van der Waals surface area (Å²) in [5.41, 5.74) is 13.1. The van der Waals surface area contributed by atoms with Crippen molar-refractivity contribution in [1.82, 2.24) is 0 Å². The molecule has 1 aliphatic carbocycles. The number of alkyl halides is 1. The maximum Gasteiger partial charge on any atom is 0.119 e. The van der Waals surface area contributed by atoms with Crippen molar-refractivity contribution < 1.29 is 14.2 Å². The number of nitrogens with two attached hydrogens (primary N) is 1. The van der Waals surface area contributed by atoms with Crippen molar-refractivity contribution >= 4 is 22.6 Å². The summed E-state index contributed by atoms with van der Waals surface area (Å²) in [6.45, 7) is 4.09. The standard InChI is InChI=1S/C32H30INO3/c1-21(31(33)34)18-35-24-14-10-22(11-15-24)32(23-12-16-25(17-13-23)36-19-26-20-37-26)29-8-4-2-6-27(29)28-7-3-5-9-30(28)32/h2-17,21,26,31H,18-20,34H2,1H3. The molecule has 3 unspecified atom stereocenters. The number of hydrogen-bond donors (Lipinski definition) is 1. The van der Waals surface area contributed by atoms with Crippen molar-refractivity contribution in [3.05, 3.63) is 119 Å². The number of benzene rings is 4. The van der Waals surface area contributed by atoms with E-state index in [1.54, 1.807) is 0 Å². The second-order valence-corrected chi connectivity index (χ2v) is 11.3. The molecule has 0 radical (unpaired) electrons. The maximum atomic E-state index is 6.08. The van der Waals surface area contributed by atoms with E-state index < -0.39 is 5.41 Å². The lowest BCUT2D eigenvalue weighted by Gasteiger charge is -2.34. The fraction of sp³-hybridized carbons (Fsp3) is 0.250. The number of rotatable bonds is 9. The summed E-state index contributed by atoms with van der Waals surface area (Å²) in [5, 5.41) is 0. The Kier molecular flexibility index (Phi) is 6.69. The second kappa shape index (κ2) is 10.1. The molecule has 0 bridgehead atoms. The van der Waals surface area contributed by atoms with E-state index >= 15 is 0 Å². The van der Waals surface area contributed by atoms with Gasteiger partial charge in [0.1, 0.15) is 24.2 Å². The molecule has 37 heavy (non-hydrogen) atoms. The summed E-state index contributed by atoms with van der Waals surface area (Å²) >= 11 is 2.25. The smallest absolute Gasteiger partial charge is 0.119 e. The molecule has 4 aromatic rings. The van der Waals surface area contributed by atoms with Crippen LogP contribution in [0.3, 0.4) is 0 Å². The van der Waals surface area contributed by atoms with Gasteiger partial charge in [0.05, 0.1) is 22.7 Å². The fourth-order valence-electron chi connectivity index (χ4n) is 5.30. The zero-order valence-corrected chi connectivity index (χ0v) is 22.9. The van der Waals surface area contributed by atoms with Gasteiger partial charge in [-0.05, 0) is 57.6 Å². The van der Waals surface area contributed by atoms with Crippen LogP contribution in [0.4, 0.5) is 0 Å². The predicted octanol–water partition coefficient (Wildman–Crippen LogP) is 6.56. The van der Waals surface area contributed by atoms with Gasteiger partial charge in [-0.25, -0.2) is 0 Å². The van der Waals surface area contributed by atoms with Gasteiger partial charge >= 0.3 is 0 Å². The van der Waals surface area contributed by atoms with Crippen LogP contribution in [0.1, 0.15) is 29.2 Å². The highest BCUT2D eigenvalue weighted by molar-refractivity contribution is 14.1. The van der Waals surface area contributed by atoms with Crippen molar-refractivity contribution in [2.24, 2.45) is 11.7 Å². The van der Waals surface area contributed by atoms with E-state index in [-0.39, 0.29) is 16.1 Å². The number of halogens is 1. The zero-order valence-electron chi connectivity index (χ0n) is 20.8. The molecule has 0 aromatic heterocycles. The number of hydrogen-bond acceptors (Lipinski definition) is 4. The number of fused-ring (bicyclic) bond motifs is 3. The van der Waals surface area contributed by atoms with Crippen LogP contribution in [0.25, 0.3) is 11.1 Å². The average Bonchev–Trinajstić information content (AvgIpc) is 3.73. The van der Waals surface area contributed by atoms with Crippen molar-refractivity contribution in [1.29, 1.82) is 0 Å². The normalized spacial score (nSPS) is 18.4. The molecule has 0 saturated carbocycles. The molecule has 1 fully saturated rings. The summed E-state index contributed by atoms with van der Waals surface area (Å²) in [7, 11) is 0. The quantitative estimate of drug-likeness (QED) is 0.0898. The first-order valence-electron chi connectivity index (χ1n) is 12.7. The monoisotopic (exact) mass is 603 g/mol. The Morgan fingerprint density at radius 1 is 0.811 bits per heavy atom. The molecule has 0 amide bonds. The Labute approximate surface area is 231 Å². The SMILES string of the molecule is CC(COc1ccc(C2(c3ccc(OCC4CO4)cc3)c3ccccc3-c3ccccc32)cc1)C(N)I. The molecule has 188 valence electrons. The number of epoxide rings is 1. The summed E-state index contributed by atoms with van der Waals surface area (Å²) in [5.74, 6) is 1.99. The first kappa shape index (κ1) is 24.5. The molecule has 3 atom stereocenters. The zero-order chi connectivity index (χ0) is 25.4. The highest BCUT2D eigenvalue weighted by atomic mass is 127. The van der Waals surface area contributed by atoms with E-state index in [2.05, 4.69) is 127 Å². The Bertz CT molecular complexity index is 1330. The van der Waals surface area contributed by atoms with Crippen LogP contribution in [-0.4, -0.2) is 30.0 Å². The summed E-state index contributed by atoms with van der Waals surface area (Å²) < 4.78 is 17.4. The molecule has 1 heterocycles. The van der Waals surface area contributed by atoms with E-state index in [0.717, 1.165) is 18.1 Å². The van der Waals surface area contributed by atoms with Gasteiger partial charge in [-0.1, -0.05) is 102 Å². The van der Waals surface area contributed by atoms with Crippen LogP contribution in [0.5, 0.6) is 11.5 Å². The maximum absolute atomic E-state index is 6.08. The molecule has 5 heteroatoms. The van der Waals surface area contributed by atoms with E-state index in [1.807, 2.05) is 0 Å². The minimum absolute atomic E-state index is 0.0652. The van der Waals surface area contributed by atoms with Gasteiger partial charge in [0, 0.05) is 5.92 Å². The minimum atomic E-state index is -0.443. The molecule has 2 aliphatic rings. The third-order valence-electron chi connectivity index (χ3n) is 7.42. The van der Waals surface area contributed by atoms with Crippen molar-refractivity contribution in [2.45, 2.75) is 22.5 Å². The van der Waals surface area contributed by atoms with Gasteiger partial charge in [-0.3, -0.25) is 0 Å². The molecule has 6 rings (SSSR count). The Morgan fingerprint density at radius 2 is 1.30 bits per heavy atom. The lowest BCUT2D eigenvalue weighted by Crippen LogP contribution is -2.28. The molecule has 4 nitrogen and oxygen atoms in total. The third kappa shape index (κ3) is 4.54. The lowest BCUT2D eigenvalue weighted by atomic mass is 9.68. The van der Waals surface area contributed by atoms with Gasteiger partial charge in [-0.15, -0.1) is 0 Å². The van der Waals surface area contributed by atoms with Crippen LogP contribution in [0.2, 0.25) is 0 Å². The molecular weight excluding hydrogens is 573 g/mol. The molecule has 2 N–H and O–H groups in total. The molecule has 1 aliphatic heterocycles. The van der Waals surface area contributed by atoms with Gasteiger partial charge < -0.3 is 19.9 Å². The summed E-state index contributed by atoms with van der Waals surface area (Å²) in [4.78, 5) is 0. The van der Waals surface area contributed by atoms with Gasteiger partial charge in [0.2, 0.25) is 0 Å². The van der Waals surface area contributed by atoms with Gasteiger partial charge in [-0.2, -0.15) is 0 Å². The van der Waals surface area contributed by atoms with Crippen LogP contribution >= 0.6 is 22.6 Å². The average molecular weight is 604 g/mol. The predicted molar refractivity (Wildman–Crippen MR) is 156 cm³/mol. The number of ether oxygens (including phenoxy) is 3. The fourth-order valence-corrected chi connectivity index (χ4v) is 5.51. The first-order valence-corrected chi connectivity index (χ1v) is 14.0. The van der Waals surface area contributed by atoms with Crippen LogP contribution < -0.4 is 15.2 Å². The Hall–Kier alpha value is -2.87. The topological polar surface area (TPSA) is 57.0 Å². The van der Waals surface area contributed by atoms with E-state index in [0.29, 0.717) is 13.2 Å². The molecule has 4 aromatic carbocycles. The van der Waals surface area contributed by atoms with Crippen LogP contribution in [0, 0.1) is 5.92 Å². The van der Waals surface area contributed by atoms with Crippen LogP contribution in [0.15, 0.2) is 97.1 Å². The second-order valence-electron chi connectivity index (χ2n) is 9.89.